The SMILES string of the molecule is COC1(C(N)CC2CCOc3ccccc32)CCCC1. The minimum absolute atomic E-state index is 0.0900. The van der Waals surface area contributed by atoms with E-state index >= 15 is 0 Å². The number of methoxy groups -OCH3 is 1. The average molecular weight is 275 g/mol. The molecule has 3 rings (SSSR count). The number of nitrogens with two attached hydrogens (primary N) is 1. The van der Waals surface area contributed by atoms with Gasteiger partial charge < -0.3 is 15.2 Å². The molecule has 2 atom stereocenters. The maximum absolute atomic E-state index is 6.55. The lowest BCUT2D eigenvalue weighted by molar-refractivity contribution is -0.0297. The molecule has 0 aromatic heterocycles. The molecule has 0 spiro atoms. The van der Waals surface area contributed by atoms with Crippen molar-refractivity contribution in [3.05, 3.63) is 29.8 Å². The van der Waals surface area contributed by atoms with Gasteiger partial charge in [-0.25, -0.2) is 0 Å². The molecular weight excluding hydrogens is 250 g/mol. The zero-order valence-corrected chi connectivity index (χ0v) is 12.3. The molecule has 1 saturated carbocycles. The topological polar surface area (TPSA) is 44.5 Å². The lowest BCUT2D eigenvalue weighted by Gasteiger charge is -2.37. The Kier molecular flexibility index (Phi) is 3.99. The molecular formula is C17H25NO2. The van der Waals surface area contributed by atoms with Crippen LogP contribution in [0.1, 0.15) is 50.0 Å². The minimum Gasteiger partial charge on any atom is -0.493 e. The molecule has 1 aromatic rings. The molecule has 20 heavy (non-hydrogen) atoms. The van der Waals surface area contributed by atoms with Crippen LogP contribution in [0.3, 0.4) is 0 Å². The van der Waals surface area contributed by atoms with Crippen molar-refractivity contribution in [2.24, 2.45) is 5.73 Å². The number of hydrogen-bond acceptors (Lipinski definition) is 3. The Morgan fingerprint density at radius 2 is 2.10 bits per heavy atom. The molecule has 1 aromatic carbocycles. The first-order valence-electron chi connectivity index (χ1n) is 7.78. The van der Waals surface area contributed by atoms with E-state index in [4.69, 9.17) is 15.2 Å². The van der Waals surface area contributed by atoms with Crippen LogP contribution in [0.15, 0.2) is 24.3 Å². The van der Waals surface area contributed by atoms with Crippen LogP contribution < -0.4 is 10.5 Å². The molecule has 3 nitrogen and oxygen atoms in total. The quantitative estimate of drug-likeness (QED) is 0.917. The van der Waals surface area contributed by atoms with Gasteiger partial charge in [0.1, 0.15) is 5.75 Å². The van der Waals surface area contributed by atoms with Crippen LogP contribution in [0.4, 0.5) is 0 Å². The van der Waals surface area contributed by atoms with Gasteiger partial charge in [0.05, 0.1) is 12.2 Å². The Bertz CT molecular complexity index is 454. The highest BCUT2D eigenvalue weighted by Gasteiger charge is 2.41. The van der Waals surface area contributed by atoms with Crippen molar-refractivity contribution >= 4 is 0 Å². The molecule has 0 bridgehead atoms. The zero-order valence-electron chi connectivity index (χ0n) is 12.3. The fourth-order valence-electron chi connectivity index (χ4n) is 3.88. The Morgan fingerprint density at radius 3 is 2.85 bits per heavy atom. The first-order valence-corrected chi connectivity index (χ1v) is 7.78. The summed E-state index contributed by atoms with van der Waals surface area (Å²) >= 11 is 0. The van der Waals surface area contributed by atoms with Crippen LogP contribution in [0.2, 0.25) is 0 Å². The number of hydrogen-bond donors (Lipinski definition) is 1. The third-order valence-corrected chi connectivity index (χ3v) is 5.15. The molecule has 0 saturated heterocycles. The second-order valence-corrected chi connectivity index (χ2v) is 6.19. The van der Waals surface area contributed by atoms with Gasteiger partial charge in [-0.2, -0.15) is 0 Å². The molecule has 2 unspecified atom stereocenters. The van der Waals surface area contributed by atoms with Crippen LogP contribution in [-0.4, -0.2) is 25.4 Å². The van der Waals surface area contributed by atoms with Crippen LogP contribution in [0.25, 0.3) is 0 Å². The third kappa shape index (κ3) is 2.45. The number of ether oxygens (including phenoxy) is 2. The standard InChI is InChI=1S/C17H25NO2/c1-19-17(9-4-5-10-17)16(18)12-13-8-11-20-15-7-3-2-6-14(13)15/h2-3,6-7,13,16H,4-5,8-12,18H2,1H3. The second kappa shape index (κ2) is 5.74. The first kappa shape index (κ1) is 13.9. The zero-order chi connectivity index (χ0) is 14.0. The highest BCUT2D eigenvalue weighted by Crippen LogP contribution is 2.41. The fourth-order valence-corrected chi connectivity index (χ4v) is 3.88. The fraction of sp³-hybridized carbons (Fsp3) is 0.647. The monoisotopic (exact) mass is 275 g/mol. The highest BCUT2D eigenvalue weighted by atomic mass is 16.5. The van der Waals surface area contributed by atoms with Crippen molar-refractivity contribution in [2.45, 2.75) is 56.1 Å². The van der Waals surface area contributed by atoms with Gasteiger partial charge in [-0.3, -0.25) is 0 Å². The van der Waals surface area contributed by atoms with Gasteiger partial charge in [-0.05, 0) is 43.2 Å². The maximum atomic E-state index is 6.55. The van der Waals surface area contributed by atoms with Crippen molar-refractivity contribution in [1.29, 1.82) is 0 Å². The van der Waals surface area contributed by atoms with E-state index in [1.54, 1.807) is 0 Å². The molecule has 1 aliphatic heterocycles. The minimum atomic E-state index is -0.0900. The molecule has 3 heteroatoms. The Labute approximate surface area is 121 Å². The summed E-state index contributed by atoms with van der Waals surface area (Å²) in [6.45, 7) is 0.800. The summed E-state index contributed by atoms with van der Waals surface area (Å²) in [5.74, 6) is 1.54. The molecule has 1 heterocycles. The smallest absolute Gasteiger partial charge is 0.122 e. The second-order valence-electron chi connectivity index (χ2n) is 6.19. The number of fused-ring (bicyclic) bond motifs is 1. The van der Waals surface area contributed by atoms with E-state index in [1.807, 2.05) is 13.2 Å². The lowest BCUT2D eigenvalue weighted by Crippen LogP contribution is -2.48. The summed E-state index contributed by atoms with van der Waals surface area (Å²) in [4.78, 5) is 0. The van der Waals surface area contributed by atoms with E-state index in [-0.39, 0.29) is 11.6 Å². The molecule has 2 aliphatic rings. The van der Waals surface area contributed by atoms with Gasteiger partial charge in [0, 0.05) is 13.2 Å². The van der Waals surface area contributed by atoms with Crippen molar-refractivity contribution < 1.29 is 9.47 Å². The van der Waals surface area contributed by atoms with Crippen LogP contribution in [-0.2, 0) is 4.74 Å². The summed E-state index contributed by atoms with van der Waals surface area (Å²) in [5.41, 5.74) is 7.77. The molecule has 1 aliphatic carbocycles. The summed E-state index contributed by atoms with van der Waals surface area (Å²) < 4.78 is 11.6. The summed E-state index contributed by atoms with van der Waals surface area (Å²) in [5, 5.41) is 0. The highest BCUT2D eigenvalue weighted by molar-refractivity contribution is 5.37. The molecule has 1 fully saturated rings. The predicted octanol–water partition coefficient (Wildman–Crippen LogP) is 3.23. The Balaban J connectivity index is 1.75. The van der Waals surface area contributed by atoms with Crippen LogP contribution in [0.5, 0.6) is 5.75 Å². The van der Waals surface area contributed by atoms with Crippen LogP contribution >= 0.6 is 0 Å². The van der Waals surface area contributed by atoms with E-state index in [9.17, 15) is 0 Å². The molecule has 0 radical (unpaired) electrons. The number of benzene rings is 1. The van der Waals surface area contributed by atoms with E-state index in [0.717, 1.165) is 38.0 Å². The van der Waals surface area contributed by atoms with Gasteiger partial charge in [0.2, 0.25) is 0 Å². The van der Waals surface area contributed by atoms with Gasteiger partial charge in [0.25, 0.3) is 0 Å². The van der Waals surface area contributed by atoms with Crippen molar-refractivity contribution in [1.82, 2.24) is 0 Å². The van der Waals surface area contributed by atoms with Crippen molar-refractivity contribution in [3.8, 4) is 5.75 Å². The van der Waals surface area contributed by atoms with E-state index in [0.29, 0.717) is 5.92 Å². The van der Waals surface area contributed by atoms with Gasteiger partial charge in [0.15, 0.2) is 0 Å². The van der Waals surface area contributed by atoms with Gasteiger partial charge >= 0.3 is 0 Å². The predicted molar refractivity (Wildman–Crippen MR) is 80.1 cm³/mol. The van der Waals surface area contributed by atoms with Gasteiger partial charge in [-0.15, -0.1) is 0 Å². The first-order chi connectivity index (χ1) is 9.75. The lowest BCUT2D eigenvalue weighted by atomic mass is 9.81. The number of rotatable bonds is 4. The number of para-hydroxylation sites is 1. The molecule has 0 amide bonds. The van der Waals surface area contributed by atoms with E-state index in [1.165, 1.54) is 18.4 Å². The van der Waals surface area contributed by atoms with E-state index < -0.39 is 0 Å². The molecule has 2 N–H and O–H groups in total. The van der Waals surface area contributed by atoms with Gasteiger partial charge in [-0.1, -0.05) is 31.0 Å². The maximum Gasteiger partial charge on any atom is 0.122 e. The summed E-state index contributed by atoms with van der Waals surface area (Å²) in [6.07, 6.45) is 6.75. The average Bonchev–Trinajstić information content (AvgIpc) is 2.98. The van der Waals surface area contributed by atoms with Crippen LogP contribution in [0, 0.1) is 0 Å². The third-order valence-electron chi connectivity index (χ3n) is 5.15. The summed E-state index contributed by atoms with van der Waals surface area (Å²) in [6, 6.07) is 8.49. The van der Waals surface area contributed by atoms with E-state index in [2.05, 4.69) is 18.2 Å². The van der Waals surface area contributed by atoms with Crippen molar-refractivity contribution in [3.63, 3.8) is 0 Å². The van der Waals surface area contributed by atoms with Crippen molar-refractivity contribution in [2.75, 3.05) is 13.7 Å². The Morgan fingerprint density at radius 1 is 1.35 bits per heavy atom. The Hall–Kier alpha value is -1.06. The largest absolute Gasteiger partial charge is 0.493 e. The molecule has 110 valence electrons. The normalized spacial score (nSPS) is 25.8. The summed E-state index contributed by atoms with van der Waals surface area (Å²) in [7, 11) is 1.82.